The molecule has 0 aliphatic rings. The maximum Gasteiger partial charge on any atom is 0.240 e. The number of nitrogens with one attached hydrogen (secondary N) is 2. The van der Waals surface area contributed by atoms with E-state index in [0.29, 0.717) is 11.4 Å². The average Bonchev–Trinajstić information content (AvgIpc) is 2.34. The van der Waals surface area contributed by atoms with Gasteiger partial charge in [0.15, 0.2) is 0 Å². The molecule has 0 saturated heterocycles. The summed E-state index contributed by atoms with van der Waals surface area (Å²) >= 11 is 0. The van der Waals surface area contributed by atoms with E-state index in [1.807, 2.05) is 0 Å². The summed E-state index contributed by atoms with van der Waals surface area (Å²) in [6, 6.07) is 6.23. The molecule has 18 heavy (non-hydrogen) atoms. The molecule has 8 nitrogen and oxygen atoms in total. The molecule has 0 fully saturated rings. The number of hydrogen-bond donors (Lipinski definition) is 2. The smallest absolute Gasteiger partial charge is 0.222 e. The van der Waals surface area contributed by atoms with Crippen molar-refractivity contribution < 1.29 is 19.2 Å². The molecule has 0 amide bonds. The van der Waals surface area contributed by atoms with Crippen molar-refractivity contribution in [2.24, 2.45) is 9.98 Å². The highest BCUT2D eigenvalue weighted by atomic mass is 16.1. The first-order chi connectivity index (χ1) is 8.69. The molecule has 1 aromatic rings. The van der Waals surface area contributed by atoms with E-state index >= 15 is 0 Å². The van der Waals surface area contributed by atoms with E-state index in [9.17, 15) is 9.59 Å². The third-order valence-electron chi connectivity index (χ3n) is 1.20. The summed E-state index contributed by atoms with van der Waals surface area (Å²) in [5.41, 5.74) is 0.963. The van der Waals surface area contributed by atoms with Gasteiger partial charge in [-0.1, -0.05) is 0 Å². The van der Waals surface area contributed by atoms with Gasteiger partial charge in [-0.25, -0.2) is 30.0 Å². The van der Waals surface area contributed by atoms with Crippen LogP contribution >= 0.6 is 0 Å². The van der Waals surface area contributed by atoms with Gasteiger partial charge < -0.3 is 0 Å². The summed E-state index contributed by atoms with van der Waals surface area (Å²) in [6.45, 7) is 0. The normalized spacial score (nSPS) is 6.22. The third kappa shape index (κ3) is 10.8. The maximum absolute atomic E-state index is 9.81. The summed E-state index contributed by atoms with van der Waals surface area (Å²) < 4.78 is 0. The molecule has 90 valence electrons. The molecule has 0 heterocycles. The van der Waals surface area contributed by atoms with E-state index in [2.05, 4.69) is 9.98 Å². The van der Waals surface area contributed by atoms with Crippen LogP contribution in [0.3, 0.4) is 0 Å². The van der Waals surface area contributed by atoms with Crippen molar-refractivity contribution in [3.05, 3.63) is 24.3 Å². The second-order valence-electron chi connectivity index (χ2n) is 2.13. The zero-order chi connectivity index (χ0) is 14.2. The second-order valence-corrected chi connectivity index (χ2v) is 2.13. The Kier molecular flexibility index (Phi) is 13.1. The SMILES string of the molecule is N=C=O.N=C=O.O=C=Nc1ccc(N=C=O)cc1. The predicted octanol–water partition coefficient (Wildman–Crippen LogP) is 1.42. The zero-order valence-electron chi connectivity index (χ0n) is 8.84. The minimum atomic E-state index is 0.481. The van der Waals surface area contributed by atoms with Crippen molar-refractivity contribution >= 4 is 35.7 Å². The van der Waals surface area contributed by atoms with Crippen LogP contribution in [-0.2, 0) is 19.2 Å². The molecule has 0 atom stereocenters. The van der Waals surface area contributed by atoms with Gasteiger partial charge >= 0.3 is 0 Å². The Morgan fingerprint density at radius 3 is 1.11 bits per heavy atom. The third-order valence-corrected chi connectivity index (χ3v) is 1.20. The first-order valence-corrected chi connectivity index (χ1v) is 4.03. The lowest BCUT2D eigenvalue weighted by molar-refractivity contribution is 0.562. The van der Waals surface area contributed by atoms with Crippen LogP contribution in [0.2, 0.25) is 0 Å². The lowest BCUT2D eigenvalue weighted by Crippen LogP contribution is -1.64. The van der Waals surface area contributed by atoms with Crippen LogP contribution in [0.1, 0.15) is 0 Å². The Balaban J connectivity index is 0. The van der Waals surface area contributed by atoms with E-state index in [-0.39, 0.29) is 0 Å². The molecule has 0 radical (unpaired) electrons. The maximum atomic E-state index is 9.81. The second kappa shape index (κ2) is 13.7. The van der Waals surface area contributed by atoms with E-state index < -0.39 is 0 Å². The molecule has 0 spiro atoms. The standard InChI is InChI=1S/C8H4N2O2.2CHNO/c11-5-9-7-1-2-8(4-3-7)10-6-12;2*2-1-3/h1-4H;2*2H. The average molecular weight is 246 g/mol. The molecule has 0 bridgehead atoms. The van der Waals surface area contributed by atoms with Gasteiger partial charge in [0.05, 0.1) is 11.4 Å². The Morgan fingerprint density at radius 2 is 0.944 bits per heavy atom. The van der Waals surface area contributed by atoms with Crippen LogP contribution in [-0.4, -0.2) is 24.3 Å². The van der Waals surface area contributed by atoms with Gasteiger partial charge in [-0.15, -0.1) is 0 Å². The van der Waals surface area contributed by atoms with E-state index in [0.717, 1.165) is 12.2 Å². The fourth-order valence-corrected chi connectivity index (χ4v) is 0.707. The van der Waals surface area contributed by atoms with Crippen LogP contribution in [0.4, 0.5) is 11.4 Å². The van der Waals surface area contributed by atoms with Crippen LogP contribution in [0.25, 0.3) is 0 Å². The van der Waals surface area contributed by atoms with Gasteiger partial charge in [0.25, 0.3) is 0 Å². The Morgan fingerprint density at radius 1 is 0.722 bits per heavy atom. The number of hydrogen-bond acceptors (Lipinski definition) is 8. The van der Waals surface area contributed by atoms with Crippen molar-refractivity contribution in [2.75, 3.05) is 0 Å². The lowest BCUT2D eigenvalue weighted by atomic mass is 10.3. The highest BCUT2D eigenvalue weighted by molar-refractivity contribution is 5.55. The number of aliphatic imine (C=N–C) groups is 2. The van der Waals surface area contributed by atoms with Crippen molar-refractivity contribution in [3.8, 4) is 0 Å². The summed E-state index contributed by atoms with van der Waals surface area (Å²) in [7, 11) is 0. The fourth-order valence-electron chi connectivity index (χ4n) is 0.707. The van der Waals surface area contributed by atoms with Gasteiger partial charge in [0.2, 0.25) is 24.3 Å². The Labute approximate surface area is 101 Å². The van der Waals surface area contributed by atoms with Crippen molar-refractivity contribution in [2.45, 2.75) is 0 Å². The van der Waals surface area contributed by atoms with Gasteiger partial charge in [0, 0.05) is 0 Å². The van der Waals surface area contributed by atoms with Gasteiger partial charge in [-0.05, 0) is 24.3 Å². The molecular weight excluding hydrogens is 240 g/mol. The number of carbonyl (C=O) groups excluding carboxylic acids is 4. The predicted molar refractivity (Wildman–Crippen MR) is 58.8 cm³/mol. The Hall–Kier alpha value is -3.26. The van der Waals surface area contributed by atoms with Crippen LogP contribution in [0.15, 0.2) is 34.3 Å². The highest BCUT2D eigenvalue weighted by Crippen LogP contribution is 2.16. The fraction of sp³-hybridized carbons (Fsp3) is 0. The van der Waals surface area contributed by atoms with Gasteiger partial charge in [0.1, 0.15) is 0 Å². The minimum Gasteiger partial charge on any atom is -0.222 e. The quantitative estimate of drug-likeness (QED) is 0.601. The molecule has 0 unspecified atom stereocenters. The number of rotatable bonds is 2. The number of isocyanates is 4. The van der Waals surface area contributed by atoms with Crippen LogP contribution in [0.5, 0.6) is 0 Å². The molecule has 0 aromatic heterocycles. The largest absolute Gasteiger partial charge is 0.240 e. The summed E-state index contributed by atoms with van der Waals surface area (Å²) in [6.07, 6.45) is 4.30. The minimum absolute atomic E-state index is 0.481. The monoisotopic (exact) mass is 246 g/mol. The first-order valence-electron chi connectivity index (χ1n) is 4.03. The van der Waals surface area contributed by atoms with E-state index in [4.69, 9.17) is 20.4 Å². The van der Waals surface area contributed by atoms with Crippen molar-refractivity contribution in [1.29, 1.82) is 10.8 Å². The van der Waals surface area contributed by atoms with Crippen LogP contribution < -0.4 is 0 Å². The topological polar surface area (TPSA) is 141 Å². The number of benzene rings is 1. The van der Waals surface area contributed by atoms with E-state index in [1.165, 1.54) is 12.2 Å². The molecule has 0 aliphatic carbocycles. The molecule has 0 saturated carbocycles. The zero-order valence-corrected chi connectivity index (χ0v) is 8.84. The highest BCUT2D eigenvalue weighted by Gasteiger charge is 1.89. The molecule has 0 aliphatic heterocycles. The van der Waals surface area contributed by atoms with Crippen LogP contribution in [0, 0.1) is 10.8 Å². The molecule has 1 aromatic carbocycles. The molecule has 1 rings (SSSR count). The lowest BCUT2D eigenvalue weighted by Gasteiger charge is -1.89. The summed E-state index contributed by atoms with van der Waals surface area (Å²) in [5, 5.41) is 10.8. The first kappa shape index (κ1) is 17.1. The summed E-state index contributed by atoms with van der Waals surface area (Å²) in [5.74, 6) is 0. The number of nitrogens with zero attached hydrogens (tertiary/aromatic N) is 2. The van der Waals surface area contributed by atoms with Crippen molar-refractivity contribution in [1.82, 2.24) is 0 Å². The molecule has 2 N–H and O–H groups in total. The van der Waals surface area contributed by atoms with Crippen molar-refractivity contribution in [3.63, 3.8) is 0 Å². The van der Waals surface area contributed by atoms with E-state index in [1.54, 1.807) is 24.3 Å². The molecule has 8 heteroatoms. The van der Waals surface area contributed by atoms with Gasteiger partial charge in [-0.2, -0.15) is 9.98 Å². The Bertz CT molecular complexity index is 464. The van der Waals surface area contributed by atoms with Gasteiger partial charge in [-0.3, -0.25) is 0 Å². The molecular formula is C10H6N4O4. The summed E-state index contributed by atoms with van der Waals surface area (Å²) in [4.78, 5) is 43.0.